The summed E-state index contributed by atoms with van der Waals surface area (Å²) in [5.74, 6) is -3.63. The Labute approximate surface area is 103 Å². The number of hydrogen-bond donors (Lipinski definition) is 2. The van der Waals surface area contributed by atoms with Crippen LogP contribution in [0.15, 0.2) is 18.2 Å². The molecule has 0 aliphatic carbocycles. The lowest BCUT2D eigenvalue weighted by Crippen LogP contribution is -2.29. The number of halogens is 2. The summed E-state index contributed by atoms with van der Waals surface area (Å²) in [5, 5.41) is 10.9. The van der Waals surface area contributed by atoms with E-state index in [0.717, 1.165) is 12.1 Å². The molecular weight excluding hydrogens is 244 g/mol. The highest BCUT2D eigenvalue weighted by molar-refractivity contribution is 5.94. The Hall–Kier alpha value is -1.98. The van der Waals surface area contributed by atoms with Gasteiger partial charge >= 0.3 is 5.97 Å². The van der Waals surface area contributed by atoms with Gasteiger partial charge in [-0.2, -0.15) is 0 Å². The Morgan fingerprint density at radius 2 is 2.06 bits per heavy atom. The van der Waals surface area contributed by atoms with E-state index >= 15 is 0 Å². The molecule has 0 saturated carbocycles. The summed E-state index contributed by atoms with van der Waals surface area (Å²) in [5.41, 5.74) is -0.265. The fourth-order valence-corrected chi connectivity index (χ4v) is 1.41. The van der Waals surface area contributed by atoms with Crippen molar-refractivity contribution in [2.24, 2.45) is 5.92 Å². The van der Waals surface area contributed by atoms with Gasteiger partial charge in [-0.25, -0.2) is 8.78 Å². The summed E-state index contributed by atoms with van der Waals surface area (Å²) in [6, 6.07) is 2.65. The maximum Gasteiger partial charge on any atom is 0.303 e. The summed E-state index contributed by atoms with van der Waals surface area (Å²) in [7, 11) is 0. The molecule has 0 heterocycles. The van der Waals surface area contributed by atoms with Crippen molar-refractivity contribution < 1.29 is 23.5 Å². The maximum absolute atomic E-state index is 13.2. The van der Waals surface area contributed by atoms with Crippen molar-refractivity contribution in [2.75, 3.05) is 6.54 Å². The van der Waals surface area contributed by atoms with Crippen LogP contribution in [0.4, 0.5) is 8.78 Å². The summed E-state index contributed by atoms with van der Waals surface area (Å²) < 4.78 is 25.9. The first-order chi connectivity index (χ1) is 8.40. The number of carbonyl (C=O) groups excluding carboxylic acids is 1. The minimum Gasteiger partial charge on any atom is -0.481 e. The molecule has 0 radical (unpaired) electrons. The molecular formula is C12H13F2NO3. The SMILES string of the molecule is CC(CNC(=O)c1ccc(F)cc1F)CC(=O)O. The quantitative estimate of drug-likeness (QED) is 0.845. The van der Waals surface area contributed by atoms with Crippen molar-refractivity contribution >= 4 is 11.9 Å². The van der Waals surface area contributed by atoms with Crippen molar-refractivity contribution in [3.63, 3.8) is 0 Å². The average molecular weight is 257 g/mol. The smallest absolute Gasteiger partial charge is 0.303 e. The van der Waals surface area contributed by atoms with Gasteiger partial charge in [0.05, 0.1) is 5.56 Å². The van der Waals surface area contributed by atoms with Gasteiger partial charge < -0.3 is 10.4 Å². The lowest BCUT2D eigenvalue weighted by atomic mass is 10.1. The van der Waals surface area contributed by atoms with E-state index < -0.39 is 23.5 Å². The number of rotatable bonds is 5. The molecule has 0 saturated heterocycles. The number of carbonyl (C=O) groups is 2. The third-order valence-corrected chi connectivity index (χ3v) is 2.31. The third kappa shape index (κ3) is 4.12. The van der Waals surface area contributed by atoms with Crippen LogP contribution in [0.5, 0.6) is 0 Å². The van der Waals surface area contributed by atoms with Crippen LogP contribution < -0.4 is 5.32 Å². The van der Waals surface area contributed by atoms with Crippen molar-refractivity contribution in [2.45, 2.75) is 13.3 Å². The van der Waals surface area contributed by atoms with Gasteiger partial charge in [0.25, 0.3) is 5.91 Å². The number of hydrogen-bond acceptors (Lipinski definition) is 2. The molecule has 1 amide bonds. The van der Waals surface area contributed by atoms with Crippen molar-refractivity contribution in [3.8, 4) is 0 Å². The molecule has 98 valence electrons. The van der Waals surface area contributed by atoms with Crippen molar-refractivity contribution in [1.29, 1.82) is 0 Å². The van der Waals surface area contributed by atoms with Crippen LogP contribution in [0.25, 0.3) is 0 Å². The Balaban J connectivity index is 2.58. The highest BCUT2D eigenvalue weighted by Gasteiger charge is 2.14. The number of amides is 1. The fourth-order valence-electron chi connectivity index (χ4n) is 1.41. The molecule has 1 atom stereocenters. The lowest BCUT2D eigenvalue weighted by molar-refractivity contribution is -0.137. The number of aliphatic carboxylic acids is 1. The van der Waals surface area contributed by atoms with E-state index in [0.29, 0.717) is 6.07 Å². The van der Waals surface area contributed by atoms with E-state index in [1.165, 1.54) is 0 Å². The first-order valence-electron chi connectivity index (χ1n) is 5.35. The largest absolute Gasteiger partial charge is 0.481 e. The molecule has 1 aromatic rings. The monoisotopic (exact) mass is 257 g/mol. The lowest BCUT2D eigenvalue weighted by Gasteiger charge is -2.10. The predicted octanol–water partition coefficient (Wildman–Crippen LogP) is 1.81. The molecule has 0 bridgehead atoms. The highest BCUT2D eigenvalue weighted by Crippen LogP contribution is 2.09. The second-order valence-corrected chi connectivity index (χ2v) is 4.04. The number of benzene rings is 1. The van der Waals surface area contributed by atoms with Gasteiger partial charge in [0, 0.05) is 19.0 Å². The summed E-state index contributed by atoms with van der Waals surface area (Å²) in [4.78, 5) is 21.9. The average Bonchev–Trinajstić information content (AvgIpc) is 2.25. The molecule has 0 aliphatic rings. The molecule has 0 spiro atoms. The summed E-state index contributed by atoms with van der Waals surface area (Å²) >= 11 is 0. The van der Waals surface area contributed by atoms with Crippen LogP contribution in [0.2, 0.25) is 0 Å². The summed E-state index contributed by atoms with van der Waals surface area (Å²) in [6.07, 6.45) is -0.0911. The van der Waals surface area contributed by atoms with Gasteiger partial charge in [-0.05, 0) is 18.1 Å². The molecule has 18 heavy (non-hydrogen) atoms. The van der Waals surface area contributed by atoms with Crippen LogP contribution in [-0.4, -0.2) is 23.5 Å². The van der Waals surface area contributed by atoms with E-state index in [4.69, 9.17) is 5.11 Å². The van der Waals surface area contributed by atoms with E-state index in [1.54, 1.807) is 6.92 Å². The molecule has 0 fully saturated rings. The zero-order valence-electron chi connectivity index (χ0n) is 9.74. The van der Waals surface area contributed by atoms with E-state index in [2.05, 4.69) is 5.32 Å². The molecule has 1 aromatic carbocycles. The van der Waals surface area contributed by atoms with E-state index in [1.807, 2.05) is 0 Å². The normalized spacial score (nSPS) is 11.9. The van der Waals surface area contributed by atoms with Crippen LogP contribution in [0, 0.1) is 17.6 Å². The first kappa shape index (κ1) is 14.1. The molecule has 0 aromatic heterocycles. The van der Waals surface area contributed by atoms with E-state index in [-0.39, 0.29) is 24.4 Å². The molecule has 1 rings (SSSR count). The van der Waals surface area contributed by atoms with Gasteiger partial charge in [0.15, 0.2) is 0 Å². The van der Waals surface area contributed by atoms with Crippen LogP contribution in [0.1, 0.15) is 23.7 Å². The third-order valence-electron chi connectivity index (χ3n) is 2.31. The Bertz CT molecular complexity index is 463. The van der Waals surface area contributed by atoms with Crippen molar-refractivity contribution in [1.82, 2.24) is 5.32 Å². The van der Waals surface area contributed by atoms with E-state index in [9.17, 15) is 18.4 Å². The Morgan fingerprint density at radius 3 is 2.61 bits per heavy atom. The molecule has 0 aliphatic heterocycles. The standard InChI is InChI=1S/C12H13F2NO3/c1-7(4-11(16)17)6-15-12(18)9-3-2-8(13)5-10(9)14/h2-3,5,7H,4,6H2,1H3,(H,15,18)(H,16,17). The summed E-state index contributed by atoms with van der Waals surface area (Å²) in [6.45, 7) is 1.76. The van der Waals surface area contributed by atoms with Crippen LogP contribution in [-0.2, 0) is 4.79 Å². The van der Waals surface area contributed by atoms with Crippen LogP contribution in [0.3, 0.4) is 0 Å². The number of carboxylic acid groups (broad SMARTS) is 1. The minimum absolute atomic E-state index is 0.0911. The zero-order valence-corrected chi connectivity index (χ0v) is 9.74. The van der Waals surface area contributed by atoms with Gasteiger partial charge in [-0.3, -0.25) is 9.59 Å². The van der Waals surface area contributed by atoms with Crippen molar-refractivity contribution in [3.05, 3.63) is 35.4 Å². The second-order valence-electron chi connectivity index (χ2n) is 4.04. The minimum atomic E-state index is -0.968. The zero-order chi connectivity index (χ0) is 13.7. The molecule has 4 nitrogen and oxygen atoms in total. The Morgan fingerprint density at radius 1 is 1.39 bits per heavy atom. The Kier molecular flexibility index (Phi) is 4.76. The molecule has 2 N–H and O–H groups in total. The van der Waals surface area contributed by atoms with Gasteiger partial charge in [0.2, 0.25) is 0 Å². The number of nitrogens with one attached hydrogen (secondary N) is 1. The predicted molar refractivity (Wildman–Crippen MR) is 60.1 cm³/mol. The van der Waals surface area contributed by atoms with Crippen LogP contribution >= 0.6 is 0 Å². The highest BCUT2D eigenvalue weighted by atomic mass is 19.1. The first-order valence-corrected chi connectivity index (χ1v) is 5.35. The topological polar surface area (TPSA) is 66.4 Å². The number of carboxylic acids is 1. The molecule has 1 unspecified atom stereocenters. The maximum atomic E-state index is 13.2. The van der Waals surface area contributed by atoms with Gasteiger partial charge in [-0.15, -0.1) is 0 Å². The van der Waals surface area contributed by atoms with Gasteiger partial charge in [0.1, 0.15) is 11.6 Å². The second kappa shape index (κ2) is 6.09. The van der Waals surface area contributed by atoms with Gasteiger partial charge in [-0.1, -0.05) is 6.92 Å². The molecule has 6 heteroatoms. The fraction of sp³-hybridized carbons (Fsp3) is 0.333.